The number of carbonyl (C=O) groups excluding carboxylic acids is 1. The number of rotatable bonds is 3. The Kier molecular flexibility index (Phi) is 4.44. The van der Waals surface area contributed by atoms with Gasteiger partial charge in [-0.3, -0.25) is 4.79 Å². The van der Waals surface area contributed by atoms with Gasteiger partial charge in [0.15, 0.2) is 9.84 Å². The van der Waals surface area contributed by atoms with Gasteiger partial charge in [0.05, 0.1) is 10.3 Å². The number of nitrogens with one attached hydrogen (secondary N) is 1. The molecule has 1 saturated carbocycles. The van der Waals surface area contributed by atoms with Crippen molar-refractivity contribution in [1.29, 1.82) is 0 Å². The highest BCUT2D eigenvalue weighted by atomic mass is 35.5. The van der Waals surface area contributed by atoms with Crippen molar-refractivity contribution in [3.8, 4) is 0 Å². The van der Waals surface area contributed by atoms with Gasteiger partial charge in [-0.15, -0.1) is 0 Å². The quantitative estimate of drug-likeness (QED) is 0.927. The summed E-state index contributed by atoms with van der Waals surface area (Å²) in [5.74, 6) is -0.225. The molecule has 0 aliphatic heterocycles. The number of nitrogens with zero attached hydrogens (tertiary/aromatic N) is 1. The molecule has 112 valence electrons. The van der Waals surface area contributed by atoms with E-state index in [-0.39, 0.29) is 11.9 Å². The molecule has 1 aliphatic rings. The van der Waals surface area contributed by atoms with Crippen LogP contribution in [0.5, 0.6) is 0 Å². The molecule has 1 aliphatic carbocycles. The van der Waals surface area contributed by atoms with Crippen LogP contribution in [0.2, 0.25) is 5.02 Å². The first-order valence-electron chi connectivity index (χ1n) is 6.60. The highest BCUT2D eigenvalue weighted by Crippen LogP contribution is 2.28. The van der Waals surface area contributed by atoms with Crippen LogP contribution in [0.1, 0.15) is 36.2 Å². The topological polar surface area (TPSA) is 70.2 Å². The summed E-state index contributed by atoms with van der Waals surface area (Å²) in [7, 11) is -1.50. The molecule has 0 spiro atoms. The lowest BCUT2D eigenvalue weighted by Gasteiger charge is -2.36. The largest absolute Gasteiger partial charge is 0.356 e. The van der Waals surface area contributed by atoms with Crippen molar-refractivity contribution in [3.05, 3.63) is 23.0 Å². The Hall–Kier alpha value is -1.01. The van der Waals surface area contributed by atoms with Crippen LogP contribution in [0.4, 0.5) is 0 Å². The van der Waals surface area contributed by atoms with Crippen LogP contribution in [-0.4, -0.2) is 48.8 Å². The summed E-state index contributed by atoms with van der Waals surface area (Å²) in [5, 5.41) is -0.0132. The van der Waals surface area contributed by atoms with Gasteiger partial charge in [-0.05, 0) is 18.9 Å². The molecule has 1 heterocycles. The lowest BCUT2D eigenvalue weighted by atomic mass is 9.93. The number of hydrogen-bond donors (Lipinski definition) is 1. The number of carbonyl (C=O) groups is 1. The van der Waals surface area contributed by atoms with E-state index >= 15 is 0 Å². The molecule has 1 aromatic heterocycles. The molecule has 20 heavy (non-hydrogen) atoms. The molecule has 2 rings (SSSR count). The molecular formula is C13H19ClN2O3S. The van der Waals surface area contributed by atoms with Gasteiger partial charge in [0.2, 0.25) is 0 Å². The molecule has 7 heteroatoms. The standard InChI is InChI=1S/C13H19ClN2O3S/c1-16(13(17)10-7-9(14)8-15-10)11-5-3-4-6-12(11)20(2,18)19/h7-8,11-12,15H,3-6H2,1-2H3. The summed E-state index contributed by atoms with van der Waals surface area (Å²) in [4.78, 5) is 16.7. The third-order valence-electron chi connectivity index (χ3n) is 3.91. The predicted octanol–water partition coefficient (Wildman–Crippen LogP) is 2.10. The van der Waals surface area contributed by atoms with E-state index < -0.39 is 15.1 Å². The van der Waals surface area contributed by atoms with Crippen molar-refractivity contribution in [2.75, 3.05) is 13.3 Å². The normalized spacial score (nSPS) is 23.6. The maximum Gasteiger partial charge on any atom is 0.270 e. The van der Waals surface area contributed by atoms with Crippen LogP contribution in [0.15, 0.2) is 12.3 Å². The summed E-state index contributed by atoms with van der Waals surface area (Å²) in [6, 6.07) is 1.28. The third-order valence-corrected chi connectivity index (χ3v) is 5.78. The summed E-state index contributed by atoms with van der Waals surface area (Å²) in [6.07, 6.45) is 5.96. The third kappa shape index (κ3) is 3.17. The summed E-state index contributed by atoms with van der Waals surface area (Å²) in [6.45, 7) is 0. The van der Waals surface area contributed by atoms with Crippen LogP contribution >= 0.6 is 11.6 Å². The zero-order valence-corrected chi connectivity index (χ0v) is 13.2. The number of amides is 1. The second-order valence-corrected chi connectivity index (χ2v) is 8.07. The molecule has 0 aromatic carbocycles. The Balaban J connectivity index is 2.21. The Morgan fingerprint density at radius 2 is 2.05 bits per heavy atom. The number of aromatic nitrogens is 1. The van der Waals surface area contributed by atoms with E-state index in [9.17, 15) is 13.2 Å². The smallest absolute Gasteiger partial charge is 0.270 e. The Bertz CT molecular complexity index is 597. The zero-order valence-electron chi connectivity index (χ0n) is 11.6. The molecule has 1 N–H and O–H groups in total. The van der Waals surface area contributed by atoms with E-state index in [1.165, 1.54) is 17.4 Å². The van der Waals surface area contributed by atoms with E-state index in [0.717, 1.165) is 12.8 Å². The number of H-pyrrole nitrogens is 1. The summed E-state index contributed by atoms with van der Waals surface area (Å²) < 4.78 is 23.8. The first kappa shape index (κ1) is 15.4. The fourth-order valence-electron chi connectivity index (χ4n) is 2.85. The van der Waals surface area contributed by atoms with Gasteiger partial charge < -0.3 is 9.88 Å². The average molecular weight is 319 g/mol. The molecule has 1 aromatic rings. The van der Waals surface area contributed by atoms with Crippen molar-refractivity contribution in [3.63, 3.8) is 0 Å². The van der Waals surface area contributed by atoms with Gasteiger partial charge in [-0.1, -0.05) is 24.4 Å². The summed E-state index contributed by atoms with van der Waals surface area (Å²) >= 11 is 5.80. The SMILES string of the molecule is CN(C(=O)c1cc(Cl)c[nH]1)C1CCCCC1S(C)(=O)=O. The van der Waals surface area contributed by atoms with E-state index in [1.54, 1.807) is 13.1 Å². The lowest BCUT2D eigenvalue weighted by molar-refractivity contribution is 0.0695. The fourth-order valence-corrected chi connectivity index (χ4v) is 4.50. The Morgan fingerprint density at radius 3 is 2.60 bits per heavy atom. The monoisotopic (exact) mass is 318 g/mol. The number of aromatic amines is 1. The minimum atomic E-state index is -3.16. The van der Waals surface area contributed by atoms with Crippen molar-refractivity contribution in [1.82, 2.24) is 9.88 Å². The highest BCUT2D eigenvalue weighted by molar-refractivity contribution is 7.91. The van der Waals surface area contributed by atoms with Gasteiger partial charge in [0.1, 0.15) is 5.69 Å². The molecular weight excluding hydrogens is 300 g/mol. The second-order valence-electron chi connectivity index (χ2n) is 5.37. The van der Waals surface area contributed by atoms with Crippen LogP contribution in [-0.2, 0) is 9.84 Å². The second kappa shape index (κ2) is 5.77. The van der Waals surface area contributed by atoms with E-state index in [1.807, 2.05) is 0 Å². The van der Waals surface area contributed by atoms with E-state index in [0.29, 0.717) is 23.6 Å². The van der Waals surface area contributed by atoms with Gasteiger partial charge >= 0.3 is 0 Å². The van der Waals surface area contributed by atoms with Gasteiger partial charge in [-0.2, -0.15) is 0 Å². The van der Waals surface area contributed by atoms with Crippen molar-refractivity contribution in [2.45, 2.75) is 37.0 Å². The maximum atomic E-state index is 12.4. The molecule has 0 saturated heterocycles. The molecule has 0 bridgehead atoms. The Labute approximate surface area is 124 Å². The minimum absolute atomic E-state index is 0.225. The number of hydrogen-bond acceptors (Lipinski definition) is 3. The van der Waals surface area contributed by atoms with E-state index in [2.05, 4.69) is 4.98 Å². The minimum Gasteiger partial charge on any atom is -0.356 e. The van der Waals surface area contributed by atoms with Crippen molar-refractivity contribution >= 4 is 27.3 Å². The van der Waals surface area contributed by atoms with Gasteiger partial charge in [-0.25, -0.2) is 8.42 Å². The molecule has 1 amide bonds. The first-order valence-corrected chi connectivity index (χ1v) is 8.94. The van der Waals surface area contributed by atoms with Crippen LogP contribution in [0.3, 0.4) is 0 Å². The van der Waals surface area contributed by atoms with Crippen LogP contribution in [0, 0.1) is 0 Å². The fraction of sp³-hybridized carbons (Fsp3) is 0.615. The Morgan fingerprint density at radius 1 is 1.40 bits per heavy atom. The molecule has 0 radical (unpaired) electrons. The predicted molar refractivity (Wildman–Crippen MR) is 78.8 cm³/mol. The van der Waals surface area contributed by atoms with Crippen LogP contribution in [0.25, 0.3) is 0 Å². The average Bonchev–Trinajstić information content (AvgIpc) is 2.83. The van der Waals surface area contributed by atoms with Crippen LogP contribution < -0.4 is 0 Å². The molecule has 2 unspecified atom stereocenters. The molecule has 1 fully saturated rings. The number of sulfone groups is 1. The lowest BCUT2D eigenvalue weighted by Crippen LogP contribution is -2.49. The molecule has 5 nitrogen and oxygen atoms in total. The maximum absolute atomic E-state index is 12.4. The first-order chi connectivity index (χ1) is 9.30. The molecule has 2 atom stereocenters. The van der Waals surface area contributed by atoms with Gasteiger partial charge in [0.25, 0.3) is 5.91 Å². The van der Waals surface area contributed by atoms with Crippen molar-refractivity contribution < 1.29 is 13.2 Å². The summed E-state index contributed by atoms with van der Waals surface area (Å²) in [5.41, 5.74) is 0.385. The zero-order chi connectivity index (χ0) is 14.9. The highest BCUT2D eigenvalue weighted by Gasteiger charge is 2.37. The number of halogens is 1. The van der Waals surface area contributed by atoms with E-state index in [4.69, 9.17) is 11.6 Å². The van der Waals surface area contributed by atoms with Crippen molar-refractivity contribution in [2.24, 2.45) is 0 Å². The van der Waals surface area contributed by atoms with Gasteiger partial charge in [0, 0.05) is 25.5 Å².